The number of carbonyl (C=O) groups is 1. The number of aromatic amines is 1. The fourth-order valence-corrected chi connectivity index (χ4v) is 2.40. The summed E-state index contributed by atoms with van der Waals surface area (Å²) in [5, 5.41) is 9.47. The van der Waals surface area contributed by atoms with Crippen LogP contribution < -0.4 is 5.56 Å². The first-order valence-electron chi connectivity index (χ1n) is 5.37. The van der Waals surface area contributed by atoms with Gasteiger partial charge in [0.05, 0.1) is 5.56 Å². The quantitative estimate of drug-likeness (QED) is 0.680. The van der Waals surface area contributed by atoms with Crippen molar-refractivity contribution in [2.75, 3.05) is 0 Å². The van der Waals surface area contributed by atoms with Gasteiger partial charge in [-0.3, -0.25) is 9.59 Å². The molecule has 6 heteroatoms. The van der Waals surface area contributed by atoms with Gasteiger partial charge in [0.1, 0.15) is 12.4 Å². The predicted octanol–water partition coefficient (Wildman–Crippen LogP) is 1.91. The van der Waals surface area contributed by atoms with Gasteiger partial charge in [-0.15, -0.1) is 0 Å². The van der Waals surface area contributed by atoms with Crippen LogP contribution in [0, 0.1) is 18.3 Å². The first-order valence-corrected chi connectivity index (χ1v) is 6.19. The molecule has 2 aromatic rings. The highest BCUT2D eigenvalue weighted by Crippen LogP contribution is 2.27. The predicted molar refractivity (Wildman–Crippen MR) is 70.3 cm³/mol. The van der Waals surface area contributed by atoms with Crippen LogP contribution in [0.25, 0.3) is 0 Å². The van der Waals surface area contributed by atoms with Crippen LogP contribution in [0.2, 0.25) is 0 Å². The second-order valence-corrected chi connectivity index (χ2v) is 4.81. The third-order valence-corrected chi connectivity index (χ3v) is 3.28. The molecule has 0 atom stereocenters. The van der Waals surface area contributed by atoms with Gasteiger partial charge in [0, 0.05) is 22.2 Å². The molecule has 0 aliphatic carbocycles. The van der Waals surface area contributed by atoms with Crippen LogP contribution in [-0.4, -0.2) is 16.3 Å². The third kappa shape index (κ3) is 3.09. The molecule has 0 bridgehead atoms. The zero-order valence-corrected chi connectivity index (χ0v) is 10.8. The average molecular weight is 271 g/mol. The lowest BCUT2D eigenvalue weighted by Crippen LogP contribution is -2.08. The Labute approximate surface area is 113 Å². The Morgan fingerprint density at radius 1 is 1.42 bits per heavy atom. The van der Waals surface area contributed by atoms with E-state index in [9.17, 15) is 9.59 Å². The highest BCUT2D eigenvalue weighted by atomic mass is 32.2. The second-order valence-electron chi connectivity index (χ2n) is 3.78. The summed E-state index contributed by atoms with van der Waals surface area (Å²) in [4.78, 5) is 29.4. The van der Waals surface area contributed by atoms with E-state index in [0.29, 0.717) is 33.2 Å². The summed E-state index contributed by atoms with van der Waals surface area (Å²) in [6, 6.07) is 8.19. The molecule has 1 heterocycles. The topological polar surface area (TPSA) is 86.6 Å². The first-order chi connectivity index (χ1) is 9.12. The van der Waals surface area contributed by atoms with Gasteiger partial charge >= 0.3 is 0 Å². The fourth-order valence-electron chi connectivity index (χ4n) is 1.50. The molecule has 0 unspecified atom stereocenters. The number of H-pyrrole nitrogens is 1. The summed E-state index contributed by atoms with van der Waals surface area (Å²) in [5.74, 6) is 0. The number of aromatic nitrogens is 2. The smallest absolute Gasteiger partial charge is 0.251 e. The van der Waals surface area contributed by atoms with E-state index in [1.807, 2.05) is 6.07 Å². The molecule has 19 heavy (non-hydrogen) atoms. The standard InChI is InChI=1S/C13H9N3O2S/c1-8-4-12(18)16-13(15-8)19-11-3-2-9(7-17)5-10(11)6-14/h2-5,7H,1H3,(H,15,16,18). The lowest BCUT2D eigenvalue weighted by molar-refractivity contribution is 0.112. The van der Waals surface area contributed by atoms with Crippen LogP contribution >= 0.6 is 11.8 Å². The largest absolute Gasteiger partial charge is 0.301 e. The number of benzene rings is 1. The average Bonchev–Trinajstić information content (AvgIpc) is 2.38. The normalized spacial score (nSPS) is 9.89. The molecule has 0 aliphatic heterocycles. The Morgan fingerprint density at radius 3 is 2.84 bits per heavy atom. The van der Waals surface area contributed by atoms with E-state index >= 15 is 0 Å². The lowest BCUT2D eigenvalue weighted by Gasteiger charge is -2.04. The monoisotopic (exact) mass is 271 g/mol. The van der Waals surface area contributed by atoms with Gasteiger partial charge in [-0.05, 0) is 19.1 Å². The maximum Gasteiger partial charge on any atom is 0.251 e. The number of carbonyl (C=O) groups excluding carboxylic acids is 1. The van der Waals surface area contributed by atoms with Gasteiger partial charge in [-0.2, -0.15) is 5.26 Å². The molecular weight excluding hydrogens is 262 g/mol. The first kappa shape index (κ1) is 13.1. The van der Waals surface area contributed by atoms with E-state index in [2.05, 4.69) is 9.97 Å². The summed E-state index contributed by atoms with van der Waals surface area (Å²) in [6.07, 6.45) is 0.683. The van der Waals surface area contributed by atoms with Gasteiger partial charge in [0.25, 0.3) is 5.56 Å². The van der Waals surface area contributed by atoms with E-state index in [1.165, 1.54) is 23.9 Å². The molecule has 94 valence electrons. The highest BCUT2D eigenvalue weighted by Gasteiger charge is 2.07. The number of aldehydes is 1. The summed E-state index contributed by atoms with van der Waals surface area (Å²) in [5.41, 5.74) is 1.18. The molecule has 0 fully saturated rings. The molecule has 0 spiro atoms. The van der Waals surface area contributed by atoms with E-state index < -0.39 is 0 Å². The Kier molecular flexibility index (Phi) is 3.78. The Bertz CT molecular complexity index is 731. The molecule has 5 nitrogen and oxygen atoms in total. The van der Waals surface area contributed by atoms with Crippen LogP contribution in [0.3, 0.4) is 0 Å². The summed E-state index contributed by atoms with van der Waals surface area (Å²) >= 11 is 1.18. The third-order valence-electron chi connectivity index (χ3n) is 2.31. The second kappa shape index (κ2) is 5.50. The SMILES string of the molecule is Cc1cc(=O)[nH]c(Sc2ccc(C=O)cc2C#N)n1. The van der Waals surface area contributed by atoms with Crippen molar-refractivity contribution in [1.29, 1.82) is 5.26 Å². The number of aryl methyl sites for hydroxylation is 1. The van der Waals surface area contributed by atoms with Crippen LogP contribution in [-0.2, 0) is 0 Å². The molecule has 1 aromatic heterocycles. The molecule has 0 radical (unpaired) electrons. The number of hydrogen-bond acceptors (Lipinski definition) is 5. The zero-order chi connectivity index (χ0) is 13.8. The number of hydrogen-bond donors (Lipinski definition) is 1. The lowest BCUT2D eigenvalue weighted by atomic mass is 10.1. The van der Waals surface area contributed by atoms with Crippen molar-refractivity contribution < 1.29 is 4.79 Å². The molecule has 0 aliphatic rings. The molecule has 0 saturated heterocycles. The van der Waals surface area contributed by atoms with Crippen LogP contribution in [0.5, 0.6) is 0 Å². The van der Waals surface area contributed by atoms with Crippen molar-refractivity contribution in [2.45, 2.75) is 17.0 Å². The van der Waals surface area contributed by atoms with Crippen LogP contribution in [0.4, 0.5) is 0 Å². The molecule has 1 aromatic carbocycles. The van der Waals surface area contributed by atoms with Crippen molar-refractivity contribution in [2.24, 2.45) is 0 Å². The summed E-state index contributed by atoms with van der Waals surface area (Å²) in [7, 11) is 0. The molecular formula is C13H9N3O2S. The Balaban J connectivity index is 2.41. The van der Waals surface area contributed by atoms with Crippen molar-refractivity contribution in [3.63, 3.8) is 0 Å². The van der Waals surface area contributed by atoms with Gasteiger partial charge in [0.15, 0.2) is 5.16 Å². The van der Waals surface area contributed by atoms with Crippen LogP contribution in [0.15, 0.2) is 39.1 Å². The minimum absolute atomic E-state index is 0.238. The maximum atomic E-state index is 11.3. The molecule has 1 N–H and O–H groups in total. The fraction of sp³-hybridized carbons (Fsp3) is 0.0769. The van der Waals surface area contributed by atoms with Gasteiger partial charge < -0.3 is 4.98 Å². The van der Waals surface area contributed by atoms with E-state index in [4.69, 9.17) is 5.26 Å². The van der Waals surface area contributed by atoms with Gasteiger partial charge in [-0.25, -0.2) is 4.98 Å². The number of nitrogens with zero attached hydrogens (tertiary/aromatic N) is 2. The Morgan fingerprint density at radius 2 is 2.21 bits per heavy atom. The van der Waals surface area contributed by atoms with E-state index in [-0.39, 0.29) is 5.56 Å². The number of nitrogens with one attached hydrogen (secondary N) is 1. The highest BCUT2D eigenvalue weighted by molar-refractivity contribution is 7.99. The summed E-state index contributed by atoms with van der Waals surface area (Å²) < 4.78 is 0. The minimum atomic E-state index is -0.238. The maximum absolute atomic E-state index is 11.3. The molecule has 0 saturated carbocycles. The van der Waals surface area contributed by atoms with E-state index in [1.54, 1.807) is 19.1 Å². The van der Waals surface area contributed by atoms with Crippen molar-refractivity contribution in [3.8, 4) is 6.07 Å². The van der Waals surface area contributed by atoms with Gasteiger partial charge in [0.2, 0.25) is 0 Å². The van der Waals surface area contributed by atoms with Crippen molar-refractivity contribution >= 4 is 18.0 Å². The van der Waals surface area contributed by atoms with Crippen molar-refractivity contribution in [3.05, 3.63) is 51.4 Å². The van der Waals surface area contributed by atoms with Crippen LogP contribution in [0.1, 0.15) is 21.6 Å². The molecule has 0 amide bonds. The minimum Gasteiger partial charge on any atom is -0.301 e. The summed E-state index contributed by atoms with van der Waals surface area (Å²) in [6.45, 7) is 1.72. The van der Waals surface area contributed by atoms with Gasteiger partial charge in [-0.1, -0.05) is 17.8 Å². The number of nitriles is 1. The Hall–Kier alpha value is -2.39. The molecule has 2 rings (SSSR count). The van der Waals surface area contributed by atoms with E-state index in [0.717, 1.165) is 0 Å². The number of rotatable bonds is 3. The van der Waals surface area contributed by atoms with Crippen molar-refractivity contribution in [1.82, 2.24) is 9.97 Å². The zero-order valence-electron chi connectivity index (χ0n) is 10.0.